The average molecular weight is 465 g/mol. The van der Waals surface area contributed by atoms with Gasteiger partial charge in [0, 0.05) is 23.2 Å². The van der Waals surface area contributed by atoms with Gasteiger partial charge >= 0.3 is 5.97 Å². The van der Waals surface area contributed by atoms with Gasteiger partial charge in [0.25, 0.3) is 0 Å². The smallest absolute Gasteiger partial charge is 0.306 e. The molecule has 0 aromatic rings. The monoisotopic (exact) mass is 464 g/mol. The standard InChI is InChI=1S/C25H30ClFO5/c1-5-21(30)32-24(19(29)12-26)13(2)8-15-16-10-18(27)17-9-14(28)6-7-22(17,3)25(16)20(31-25)11-23(15,24)4/h6-7,9,13,15-16,18,20H,5,8,10-12H2,1-4H3/t13?,15-,16-,18?,20?,22-,23-,24-,25-/m0/s1. The maximum atomic E-state index is 15.6. The third-order valence-electron chi connectivity index (χ3n) is 9.56. The van der Waals surface area contributed by atoms with Gasteiger partial charge in [-0.25, -0.2) is 4.39 Å². The maximum Gasteiger partial charge on any atom is 0.306 e. The van der Waals surface area contributed by atoms with E-state index in [2.05, 4.69) is 0 Å². The first-order valence-corrected chi connectivity index (χ1v) is 12.1. The van der Waals surface area contributed by atoms with Crippen LogP contribution in [-0.2, 0) is 23.9 Å². The molecule has 5 nitrogen and oxygen atoms in total. The van der Waals surface area contributed by atoms with Gasteiger partial charge in [-0.2, -0.15) is 0 Å². The quantitative estimate of drug-likeness (QED) is 0.355. The summed E-state index contributed by atoms with van der Waals surface area (Å²) in [5, 5.41) is 0. The van der Waals surface area contributed by atoms with E-state index in [0.717, 1.165) is 0 Å². The summed E-state index contributed by atoms with van der Waals surface area (Å²) in [6.07, 6.45) is 4.85. The highest BCUT2D eigenvalue weighted by Crippen LogP contribution is 2.77. The molecule has 0 aromatic carbocycles. The fourth-order valence-corrected chi connectivity index (χ4v) is 8.38. The second kappa shape index (κ2) is 6.75. The van der Waals surface area contributed by atoms with E-state index in [0.29, 0.717) is 18.4 Å². The van der Waals surface area contributed by atoms with Crippen molar-refractivity contribution in [3.8, 4) is 0 Å². The minimum atomic E-state index is -1.34. The molecule has 3 unspecified atom stereocenters. The summed E-state index contributed by atoms with van der Waals surface area (Å²) in [5.41, 5.74) is -2.85. The molecule has 1 spiro atoms. The second-order valence-electron chi connectivity index (χ2n) is 10.7. The molecule has 1 heterocycles. The lowest BCUT2D eigenvalue weighted by Crippen LogP contribution is -2.64. The molecule has 32 heavy (non-hydrogen) atoms. The minimum Gasteiger partial charge on any atom is -0.450 e. The van der Waals surface area contributed by atoms with Crippen LogP contribution in [0.5, 0.6) is 0 Å². The van der Waals surface area contributed by atoms with Crippen LogP contribution in [-0.4, -0.2) is 46.9 Å². The average Bonchev–Trinajstić information content (AvgIpc) is 3.43. The zero-order valence-electron chi connectivity index (χ0n) is 19.0. The van der Waals surface area contributed by atoms with Gasteiger partial charge in [0.15, 0.2) is 17.2 Å². The lowest BCUT2D eigenvalue weighted by Gasteiger charge is -2.56. The Hall–Kier alpha value is -1.53. The van der Waals surface area contributed by atoms with Crippen molar-refractivity contribution in [3.05, 3.63) is 23.8 Å². The molecule has 0 N–H and O–H groups in total. The maximum absolute atomic E-state index is 15.6. The Morgan fingerprint density at radius 1 is 1.28 bits per heavy atom. The van der Waals surface area contributed by atoms with E-state index in [1.807, 2.05) is 26.8 Å². The zero-order valence-corrected chi connectivity index (χ0v) is 19.7. The number of allylic oxidation sites excluding steroid dienone is 2. The highest BCUT2D eigenvalue weighted by molar-refractivity contribution is 6.29. The van der Waals surface area contributed by atoms with Gasteiger partial charge in [-0.1, -0.05) is 26.8 Å². The van der Waals surface area contributed by atoms with Crippen molar-refractivity contribution in [2.75, 3.05) is 5.88 Å². The molecule has 5 rings (SSSR count). The largest absolute Gasteiger partial charge is 0.450 e. The highest BCUT2D eigenvalue weighted by Gasteiger charge is 2.83. The molecule has 0 bridgehead atoms. The number of hydrogen-bond acceptors (Lipinski definition) is 5. The van der Waals surface area contributed by atoms with Crippen LogP contribution in [0.4, 0.5) is 4.39 Å². The van der Waals surface area contributed by atoms with Gasteiger partial charge in [0.1, 0.15) is 11.8 Å². The first kappa shape index (κ1) is 22.3. The Morgan fingerprint density at radius 3 is 2.66 bits per heavy atom. The summed E-state index contributed by atoms with van der Waals surface area (Å²) in [6.45, 7) is 7.62. The number of rotatable bonds is 4. The Morgan fingerprint density at radius 2 is 2.00 bits per heavy atom. The van der Waals surface area contributed by atoms with Crippen LogP contribution in [0.15, 0.2) is 23.8 Å². The molecule has 1 saturated heterocycles. The van der Waals surface area contributed by atoms with Crippen LogP contribution in [0.3, 0.4) is 0 Å². The number of ketones is 2. The van der Waals surface area contributed by atoms with Crippen molar-refractivity contribution < 1.29 is 28.2 Å². The van der Waals surface area contributed by atoms with Crippen molar-refractivity contribution >= 4 is 29.1 Å². The molecule has 0 radical (unpaired) electrons. The van der Waals surface area contributed by atoms with E-state index < -0.39 is 34.2 Å². The number of alkyl halides is 2. The minimum absolute atomic E-state index is 0.0734. The van der Waals surface area contributed by atoms with E-state index in [1.165, 1.54) is 12.2 Å². The SMILES string of the molecule is CCC(=O)O[C@]1(C(=O)CCl)C(C)C[C@H]2[C@@H]3CC(F)C4=CC(=O)C=C[C@]4(C)[C@]34OC4C[C@@]21C. The van der Waals surface area contributed by atoms with Crippen molar-refractivity contribution in [2.24, 2.45) is 28.6 Å². The van der Waals surface area contributed by atoms with Crippen LogP contribution in [0.25, 0.3) is 0 Å². The fraction of sp³-hybridized carbons (Fsp3) is 0.720. The van der Waals surface area contributed by atoms with Gasteiger partial charge in [0.05, 0.1) is 12.0 Å². The molecule has 0 amide bonds. The Balaban J connectivity index is 1.62. The predicted octanol–water partition coefficient (Wildman–Crippen LogP) is 4.12. The Bertz CT molecular complexity index is 975. The number of halogens is 2. The van der Waals surface area contributed by atoms with Crippen molar-refractivity contribution in [1.29, 1.82) is 0 Å². The summed E-state index contributed by atoms with van der Waals surface area (Å²) < 4.78 is 28.0. The molecule has 174 valence electrons. The molecule has 4 fully saturated rings. The fourth-order valence-electron chi connectivity index (χ4n) is 8.18. The summed E-state index contributed by atoms with van der Waals surface area (Å²) in [7, 11) is 0. The van der Waals surface area contributed by atoms with E-state index in [1.54, 1.807) is 6.92 Å². The molecule has 1 aliphatic heterocycles. The first-order chi connectivity index (χ1) is 15.0. The van der Waals surface area contributed by atoms with Gasteiger partial charge in [-0.3, -0.25) is 14.4 Å². The van der Waals surface area contributed by atoms with Gasteiger partial charge in [-0.15, -0.1) is 11.6 Å². The number of ether oxygens (including phenoxy) is 2. The number of esters is 1. The molecular formula is C25H30ClFO5. The van der Waals surface area contributed by atoms with Crippen molar-refractivity contribution in [3.63, 3.8) is 0 Å². The number of Topliss-reactive ketones (excluding diaryl/α,β-unsaturated/α-hetero) is 1. The van der Waals surface area contributed by atoms with E-state index in [-0.39, 0.29) is 54.1 Å². The molecule has 7 heteroatoms. The van der Waals surface area contributed by atoms with E-state index >= 15 is 4.39 Å². The molecule has 4 aliphatic carbocycles. The topological polar surface area (TPSA) is 73.0 Å². The van der Waals surface area contributed by atoms with E-state index in [9.17, 15) is 14.4 Å². The number of epoxide rings is 1. The first-order valence-electron chi connectivity index (χ1n) is 11.6. The van der Waals surface area contributed by atoms with Gasteiger partial charge in [-0.05, 0) is 55.7 Å². The number of carbonyl (C=O) groups excluding carboxylic acids is 3. The summed E-state index contributed by atoms with van der Waals surface area (Å²) in [6, 6.07) is 0. The van der Waals surface area contributed by atoms with Crippen molar-refractivity contribution in [1.82, 2.24) is 0 Å². The molecule has 3 saturated carbocycles. The van der Waals surface area contributed by atoms with E-state index in [4.69, 9.17) is 21.1 Å². The zero-order chi connectivity index (χ0) is 23.3. The van der Waals surface area contributed by atoms with Crippen LogP contribution >= 0.6 is 11.6 Å². The van der Waals surface area contributed by atoms with Crippen LogP contribution in [0.2, 0.25) is 0 Å². The third-order valence-corrected chi connectivity index (χ3v) is 9.80. The Labute approximate surface area is 192 Å². The second-order valence-corrected chi connectivity index (χ2v) is 11.0. The van der Waals surface area contributed by atoms with Crippen LogP contribution < -0.4 is 0 Å². The summed E-state index contributed by atoms with van der Waals surface area (Å²) in [5.74, 6) is -1.62. The molecular weight excluding hydrogens is 435 g/mol. The Kier molecular flexibility index (Phi) is 4.70. The highest BCUT2D eigenvalue weighted by atomic mass is 35.5. The lowest BCUT2D eigenvalue weighted by atomic mass is 9.46. The molecule has 0 aromatic heterocycles. The van der Waals surface area contributed by atoms with Crippen molar-refractivity contribution in [2.45, 2.75) is 76.9 Å². The van der Waals surface area contributed by atoms with Crippen LogP contribution in [0, 0.1) is 28.6 Å². The molecule has 9 atom stereocenters. The summed E-state index contributed by atoms with van der Waals surface area (Å²) >= 11 is 6.06. The van der Waals surface area contributed by atoms with Gasteiger partial charge in [0.2, 0.25) is 0 Å². The predicted molar refractivity (Wildman–Crippen MR) is 116 cm³/mol. The normalized spacial score (nSPS) is 50.5. The van der Waals surface area contributed by atoms with Gasteiger partial charge < -0.3 is 9.47 Å². The number of fused-ring (bicyclic) bond motifs is 3. The number of carbonyl (C=O) groups is 3. The molecule has 5 aliphatic rings. The third kappa shape index (κ3) is 2.36. The summed E-state index contributed by atoms with van der Waals surface area (Å²) in [4.78, 5) is 37.9. The lowest BCUT2D eigenvalue weighted by molar-refractivity contribution is -0.191. The van der Waals surface area contributed by atoms with Crippen LogP contribution in [0.1, 0.15) is 53.4 Å². The number of hydrogen-bond donors (Lipinski definition) is 0.